The number of likely N-dealkylation sites (N-methyl/N-ethyl adjacent to an activating group) is 3. The minimum absolute atomic E-state index is 0.0738. The molecule has 3 unspecified atom stereocenters. The van der Waals surface area contributed by atoms with Gasteiger partial charge in [0.1, 0.15) is 57.8 Å². The quantitative estimate of drug-likeness (QED) is 0.0194. The molecule has 0 heterocycles. The van der Waals surface area contributed by atoms with E-state index in [1.807, 2.05) is 42.3 Å². The van der Waals surface area contributed by atoms with Gasteiger partial charge in [0.05, 0.1) is 61.9 Å². The van der Waals surface area contributed by atoms with Crippen LogP contribution in [0.2, 0.25) is 0 Å². The molecule has 0 saturated heterocycles. The number of rotatable bonds is 60. The summed E-state index contributed by atoms with van der Waals surface area (Å²) >= 11 is 0. The molecule has 0 aromatic rings. The Balaban J connectivity index is 5.13. The Hall–Kier alpha value is -1.56. The zero-order chi connectivity index (χ0) is 59.6. The minimum atomic E-state index is -4.40. The van der Waals surface area contributed by atoms with Gasteiger partial charge in [-0.2, -0.15) is 13.6 Å². The van der Waals surface area contributed by atoms with Crippen LogP contribution in [0.25, 0.3) is 0 Å². The lowest BCUT2D eigenvalue weighted by atomic mass is 10.1. The van der Waals surface area contributed by atoms with Gasteiger partial charge in [0.15, 0.2) is 0 Å². The minimum Gasteiger partial charge on any atom is -0.606 e. The first-order valence-corrected chi connectivity index (χ1v) is 34.5. The smallest absolute Gasteiger partial charge is 0.379 e. The summed E-state index contributed by atoms with van der Waals surface area (Å²) in [4.78, 5) is 51.8. The second-order valence-corrected chi connectivity index (χ2v) is 27.4. The highest BCUT2D eigenvalue weighted by Gasteiger charge is 2.38. The second kappa shape index (κ2) is 50.7. The molecule has 0 radical (unpaired) electrons. The Kier molecular flexibility index (Phi) is 49.7. The number of aliphatic hydroxyl groups excluding tert-OH is 3. The van der Waals surface area contributed by atoms with Crippen molar-refractivity contribution in [2.75, 3.05) is 121 Å². The number of carbonyl (C=O) groups is 3. The van der Waals surface area contributed by atoms with Gasteiger partial charge in [-0.1, -0.05) is 194 Å². The van der Waals surface area contributed by atoms with Gasteiger partial charge in [-0.3, -0.25) is 14.4 Å². The topological polar surface area (TPSA) is 199 Å². The van der Waals surface area contributed by atoms with Gasteiger partial charge < -0.3 is 49.6 Å². The van der Waals surface area contributed by atoms with Crippen LogP contribution in [-0.4, -0.2) is 186 Å². The fourth-order valence-corrected chi connectivity index (χ4v) is 11.9. The molecule has 16 nitrogen and oxygen atoms in total. The predicted molar refractivity (Wildman–Crippen MR) is 331 cm³/mol. The highest BCUT2D eigenvalue weighted by Crippen LogP contribution is 2.54. The monoisotopic (exact) mass is 1160 g/mol. The molecule has 0 fully saturated rings. The lowest BCUT2D eigenvalue weighted by molar-refractivity contribution is -0.893. The number of quaternary nitrogens is 3. The zero-order valence-corrected chi connectivity index (χ0v) is 54.6. The predicted octanol–water partition coefficient (Wildman–Crippen LogP) is 10.8. The van der Waals surface area contributed by atoms with E-state index in [1.165, 1.54) is 154 Å². The first-order chi connectivity index (χ1) is 38.2. The third-order valence-corrected chi connectivity index (χ3v) is 16.8. The molecule has 3 amide bonds. The maximum absolute atomic E-state index is 14.3. The van der Waals surface area contributed by atoms with Crippen LogP contribution in [0.3, 0.4) is 0 Å². The summed E-state index contributed by atoms with van der Waals surface area (Å²) in [7, 11) is 7.48. The third kappa shape index (κ3) is 52.0. The van der Waals surface area contributed by atoms with Gasteiger partial charge in [-0.15, -0.1) is 0 Å². The average Bonchev–Trinajstić information content (AvgIpc) is 3.39. The number of hydrogen-bond acceptors (Lipinski definition) is 10. The summed E-state index contributed by atoms with van der Waals surface area (Å²) in [6.07, 6.45) is 37.5. The lowest BCUT2D eigenvalue weighted by Gasteiger charge is -2.34. The van der Waals surface area contributed by atoms with Gasteiger partial charge in [-0.05, 0) is 19.3 Å². The number of nitrogens with one attached hydrogen (secondary N) is 3. The Morgan fingerprint density at radius 3 is 0.775 bits per heavy atom. The molecule has 476 valence electrons. The molecular weight excluding hydrogens is 1030 g/mol. The number of nitrogens with zero attached hydrogens (tertiary/aromatic N) is 3. The first kappa shape index (κ1) is 78.4. The molecule has 0 aliphatic carbocycles. The van der Waals surface area contributed by atoms with Crippen LogP contribution < -0.4 is 20.8 Å². The number of unbranched alkanes of at least 4 members (excludes halogenated alkanes) is 27. The summed E-state index contributed by atoms with van der Waals surface area (Å²) in [6, 6.07) is 0. The summed E-state index contributed by atoms with van der Waals surface area (Å²) < 4.78 is 18.6. The molecule has 0 bridgehead atoms. The molecular formula is C63H132N6O10P+3. The molecule has 0 spiro atoms. The number of phosphoric ester groups is 1. The number of aliphatic hydroxyl groups is 3. The van der Waals surface area contributed by atoms with Crippen molar-refractivity contribution in [3.8, 4) is 0 Å². The average molecular weight is 1160 g/mol. The number of amides is 3. The van der Waals surface area contributed by atoms with Crippen molar-refractivity contribution < 1.29 is 61.6 Å². The van der Waals surface area contributed by atoms with E-state index in [4.69, 9.17) is 13.6 Å². The van der Waals surface area contributed by atoms with Crippen molar-refractivity contribution in [2.24, 2.45) is 0 Å². The number of hydrogen-bond donors (Lipinski definition) is 6. The van der Waals surface area contributed by atoms with Crippen molar-refractivity contribution >= 4 is 25.9 Å². The standard InChI is InChI=1S/C63H129N6O10P/c1-10-13-16-19-22-25-28-31-34-37-43-61(73)64-46-40-49-67(4,5)52-58(70)55-77-80(76,78-56-59(71)53-68(6,7)50-41-47-65-62(74)44-38-35-32-29-26-23-20-17-14-11-2)79-57-60(72)54-69(8,9)51-42-48-66-63(75)45-39-36-33-30-27-24-21-18-15-12-3/h58-60,70-72H,10-57H2,1-9H3/p+3. The molecule has 0 aromatic carbocycles. The lowest BCUT2D eigenvalue weighted by Crippen LogP contribution is -2.49. The van der Waals surface area contributed by atoms with Crippen LogP contribution in [0.5, 0.6) is 0 Å². The van der Waals surface area contributed by atoms with Crippen LogP contribution in [0.1, 0.15) is 252 Å². The normalized spacial score (nSPS) is 14.2. The van der Waals surface area contributed by atoms with E-state index in [-0.39, 0.29) is 57.2 Å². The molecule has 0 rings (SSSR count). The van der Waals surface area contributed by atoms with Gasteiger partial charge in [0, 0.05) is 58.2 Å². The van der Waals surface area contributed by atoms with Crippen LogP contribution in [0, 0.1) is 0 Å². The molecule has 0 aliphatic rings. The van der Waals surface area contributed by atoms with E-state index < -0.39 is 26.5 Å². The van der Waals surface area contributed by atoms with Crippen molar-refractivity contribution in [2.45, 2.75) is 270 Å². The van der Waals surface area contributed by atoms with Crippen molar-refractivity contribution in [3.63, 3.8) is 0 Å². The molecule has 0 aromatic heterocycles. The van der Waals surface area contributed by atoms with E-state index in [9.17, 15) is 34.6 Å². The van der Waals surface area contributed by atoms with Crippen molar-refractivity contribution in [3.05, 3.63) is 0 Å². The largest absolute Gasteiger partial charge is 0.606 e. The Morgan fingerprint density at radius 2 is 0.562 bits per heavy atom. The highest BCUT2D eigenvalue weighted by atomic mass is 31.2. The molecule has 6 N–H and O–H groups in total. The maximum atomic E-state index is 14.3. The maximum Gasteiger partial charge on any atom is 0.379 e. The van der Waals surface area contributed by atoms with Crippen molar-refractivity contribution in [1.29, 1.82) is 0 Å². The Morgan fingerprint density at radius 1 is 0.362 bits per heavy atom. The third-order valence-electron chi connectivity index (χ3n) is 15.4. The van der Waals surface area contributed by atoms with Gasteiger partial charge in [0.2, 0.25) is 17.7 Å². The SMILES string of the molecule is CCCCCCCCCCCCC(=O)NCCC[N+](C)(C)CC(O)CO[P+]([O-])(OCC(O)C[N+](C)(C)CCCNC(=O)CCCCCCCCCCCC)OCC(O)C[N+](C)(C)CCCNC(=O)CCCCCCCCCCCC. The molecule has 17 heteroatoms. The summed E-state index contributed by atoms with van der Waals surface area (Å²) in [5, 5.41) is 42.7. The Bertz CT molecular complexity index is 1300. The van der Waals surface area contributed by atoms with Crippen LogP contribution in [-0.2, 0) is 28.0 Å². The van der Waals surface area contributed by atoms with Crippen LogP contribution in [0.4, 0.5) is 0 Å². The van der Waals surface area contributed by atoms with E-state index in [0.717, 1.165) is 57.8 Å². The summed E-state index contributed by atoms with van der Waals surface area (Å²) in [5.41, 5.74) is 0. The summed E-state index contributed by atoms with van der Waals surface area (Å²) in [6.45, 7) is 10.1. The van der Waals surface area contributed by atoms with Crippen LogP contribution in [0.15, 0.2) is 0 Å². The van der Waals surface area contributed by atoms with Gasteiger partial charge in [0.25, 0.3) is 0 Å². The number of phosphoric acid groups is 1. The van der Waals surface area contributed by atoms with Crippen molar-refractivity contribution in [1.82, 2.24) is 16.0 Å². The fourth-order valence-electron chi connectivity index (χ4n) is 10.6. The van der Waals surface area contributed by atoms with E-state index in [2.05, 4.69) is 36.7 Å². The molecule has 80 heavy (non-hydrogen) atoms. The van der Waals surface area contributed by atoms with E-state index in [1.54, 1.807) is 0 Å². The second-order valence-electron chi connectivity index (χ2n) is 25.7. The molecule has 3 atom stereocenters. The first-order valence-electron chi connectivity index (χ1n) is 33.0. The highest BCUT2D eigenvalue weighted by molar-refractivity contribution is 7.54. The Labute approximate surface area is 492 Å². The summed E-state index contributed by atoms with van der Waals surface area (Å²) in [5.74, 6) is 0.221. The molecule has 0 aliphatic heterocycles. The van der Waals surface area contributed by atoms with Gasteiger partial charge in [-0.25, -0.2) is 0 Å². The number of carbonyl (C=O) groups excluding carboxylic acids is 3. The van der Waals surface area contributed by atoms with Gasteiger partial charge >= 0.3 is 8.17 Å². The van der Waals surface area contributed by atoms with E-state index in [0.29, 0.717) is 72.0 Å². The van der Waals surface area contributed by atoms with E-state index >= 15 is 0 Å². The van der Waals surface area contributed by atoms with Crippen LogP contribution >= 0.6 is 8.17 Å². The fraction of sp³-hybridized carbons (Fsp3) is 0.952. The molecule has 0 saturated carbocycles. The zero-order valence-electron chi connectivity index (χ0n) is 53.7.